The van der Waals surface area contributed by atoms with Crippen molar-refractivity contribution < 1.29 is 14.3 Å². The third-order valence-electron chi connectivity index (χ3n) is 2.54. The maximum Gasteiger partial charge on any atom is 0.412 e. The van der Waals surface area contributed by atoms with Crippen LogP contribution in [0.15, 0.2) is 18.2 Å². The number of carbonyl (C=O) groups excluding carboxylic acids is 1. The summed E-state index contributed by atoms with van der Waals surface area (Å²) in [5, 5.41) is 5.96. The average Bonchev–Trinajstić information content (AvgIpc) is 2.25. The summed E-state index contributed by atoms with van der Waals surface area (Å²) < 4.78 is 10.9. The number of ether oxygens (including phenoxy) is 2. The Morgan fingerprint density at radius 3 is 2.89 bits per heavy atom. The molecule has 0 aliphatic carbocycles. The summed E-state index contributed by atoms with van der Waals surface area (Å²) in [6.45, 7) is 8.26. The molecule has 1 aliphatic rings. The second-order valence-electron chi connectivity index (χ2n) is 5.65. The third kappa shape index (κ3) is 3.77. The van der Waals surface area contributed by atoms with Crippen molar-refractivity contribution >= 4 is 17.5 Å². The van der Waals surface area contributed by atoms with E-state index in [2.05, 4.69) is 10.6 Å². The molecule has 1 amide bonds. The Morgan fingerprint density at radius 1 is 1.47 bits per heavy atom. The molecule has 0 aromatic heterocycles. The molecule has 19 heavy (non-hydrogen) atoms. The van der Waals surface area contributed by atoms with Crippen LogP contribution in [0.4, 0.5) is 16.2 Å². The molecular weight excluding hydrogens is 244 g/mol. The summed E-state index contributed by atoms with van der Waals surface area (Å²) >= 11 is 0. The lowest BCUT2D eigenvalue weighted by atomic mass is 10.2. The number of amides is 1. The molecule has 5 heteroatoms. The molecule has 0 fully saturated rings. The Morgan fingerprint density at radius 2 is 2.21 bits per heavy atom. The minimum Gasteiger partial charge on any atom is -0.487 e. The van der Waals surface area contributed by atoms with Crippen LogP contribution in [-0.4, -0.2) is 24.3 Å². The number of benzene rings is 1. The van der Waals surface area contributed by atoms with Crippen LogP contribution in [0.3, 0.4) is 0 Å². The molecule has 104 valence electrons. The molecule has 0 saturated carbocycles. The molecule has 1 aromatic rings. The molecule has 1 aliphatic heterocycles. The van der Waals surface area contributed by atoms with E-state index in [-0.39, 0.29) is 6.10 Å². The molecule has 1 heterocycles. The maximum atomic E-state index is 11.7. The van der Waals surface area contributed by atoms with Gasteiger partial charge in [0.1, 0.15) is 17.5 Å². The topological polar surface area (TPSA) is 59.6 Å². The van der Waals surface area contributed by atoms with E-state index in [0.717, 1.165) is 18.0 Å². The SMILES string of the molecule is CC1CNc2ccc(NC(=O)OC(C)(C)C)cc2O1. The summed E-state index contributed by atoms with van der Waals surface area (Å²) in [7, 11) is 0. The summed E-state index contributed by atoms with van der Waals surface area (Å²) in [5.41, 5.74) is 1.09. The molecule has 1 aromatic carbocycles. The van der Waals surface area contributed by atoms with E-state index in [1.54, 1.807) is 6.07 Å². The minimum absolute atomic E-state index is 0.115. The Kier molecular flexibility index (Phi) is 3.55. The van der Waals surface area contributed by atoms with E-state index >= 15 is 0 Å². The number of nitrogens with one attached hydrogen (secondary N) is 2. The molecule has 1 unspecified atom stereocenters. The van der Waals surface area contributed by atoms with Gasteiger partial charge in [-0.25, -0.2) is 4.79 Å². The zero-order valence-corrected chi connectivity index (χ0v) is 11.7. The van der Waals surface area contributed by atoms with Crippen molar-refractivity contribution in [3.63, 3.8) is 0 Å². The van der Waals surface area contributed by atoms with Gasteiger partial charge < -0.3 is 14.8 Å². The first kappa shape index (κ1) is 13.5. The van der Waals surface area contributed by atoms with Gasteiger partial charge in [0.2, 0.25) is 0 Å². The van der Waals surface area contributed by atoms with Crippen molar-refractivity contribution in [1.82, 2.24) is 0 Å². The van der Waals surface area contributed by atoms with Crippen molar-refractivity contribution in [3.8, 4) is 5.75 Å². The number of hydrogen-bond donors (Lipinski definition) is 2. The van der Waals surface area contributed by atoms with Gasteiger partial charge in [-0.2, -0.15) is 0 Å². The number of hydrogen-bond acceptors (Lipinski definition) is 4. The fraction of sp³-hybridized carbons (Fsp3) is 0.500. The quantitative estimate of drug-likeness (QED) is 0.817. The predicted octanol–water partition coefficient (Wildman–Crippen LogP) is 3.23. The lowest BCUT2D eigenvalue weighted by Crippen LogP contribution is -2.28. The first-order chi connectivity index (χ1) is 8.83. The molecule has 2 rings (SSSR count). The van der Waals surface area contributed by atoms with Crippen LogP contribution in [0.25, 0.3) is 0 Å². The van der Waals surface area contributed by atoms with E-state index < -0.39 is 11.7 Å². The van der Waals surface area contributed by atoms with E-state index in [1.807, 2.05) is 39.8 Å². The van der Waals surface area contributed by atoms with Crippen molar-refractivity contribution in [2.24, 2.45) is 0 Å². The lowest BCUT2D eigenvalue weighted by molar-refractivity contribution is 0.0636. The highest BCUT2D eigenvalue weighted by Crippen LogP contribution is 2.31. The van der Waals surface area contributed by atoms with Crippen LogP contribution >= 0.6 is 0 Å². The second kappa shape index (κ2) is 4.99. The smallest absolute Gasteiger partial charge is 0.412 e. The van der Waals surface area contributed by atoms with Gasteiger partial charge in [-0.3, -0.25) is 5.32 Å². The van der Waals surface area contributed by atoms with Crippen LogP contribution in [0, 0.1) is 0 Å². The average molecular weight is 264 g/mol. The van der Waals surface area contributed by atoms with Crippen molar-refractivity contribution in [3.05, 3.63) is 18.2 Å². The largest absolute Gasteiger partial charge is 0.487 e. The van der Waals surface area contributed by atoms with Gasteiger partial charge in [-0.15, -0.1) is 0 Å². The lowest BCUT2D eigenvalue weighted by Gasteiger charge is -2.25. The number of carbonyl (C=O) groups is 1. The minimum atomic E-state index is -0.509. The van der Waals surface area contributed by atoms with Crippen LogP contribution in [0.1, 0.15) is 27.7 Å². The number of rotatable bonds is 1. The summed E-state index contributed by atoms with van der Waals surface area (Å²) in [6.07, 6.45) is -0.353. The van der Waals surface area contributed by atoms with Gasteiger partial charge in [-0.05, 0) is 39.8 Å². The summed E-state index contributed by atoms with van der Waals surface area (Å²) in [5.74, 6) is 0.743. The molecule has 0 spiro atoms. The molecule has 0 radical (unpaired) electrons. The Labute approximate surface area is 113 Å². The van der Waals surface area contributed by atoms with Gasteiger partial charge >= 0.3 is 6.09 Å². The van der Waals surface area contributed by atoms with Gasteiger partial charge in [0.25, 0.3) is 0 Å². The molecule has 0 saturated heterocycles. The molecule has 5 nitrogen and oxygen atoms in total. The van der Waals surface area contributed by atoms with Crippen LogP contribution in [0.2, 0.25) is 0 Å². The fourth-order valence-corrected chi connectivity index (χ4v) is 1.78. The van der Waals surface area contributed by atoms with Gasteiger partial charge in [0, 0.05) is 11.8 Å². The zero-order valence-electron chi connectivity index (χ0n) is 11.7. The zero-order chi connectivity index (χ0) is 14.0. The highest BCUT2D eigenvalue weighted by Gasteiger charge is 2.18. The van der Waals surface area contributed by atoms with E-state index in [4.69, 9.17) is 9.47 Å². The number of anilines is 2. The highest BCUT2D eigenvalue weighted by molar-refractivity contribution is 5.86. The highest BCUT2D eigenvalue weighted by atomic mass is 16.6. The van der Waals surface area contributed by atoms with Crippen molar-refractivity contribution in [2.75, 3.05) is 17.2 Å². The number of fused-ring (bicyclic) bond motifs is 1. The summed E-state index contributed by atoms with van der Waals surface area (Å²) in [4.78, 5) is 11.7. The molecule has 2 N–H and O–H groups in total. The van der Waals surface area contributed by atoms with Gasteiger partial charge in [0.05, 0.1) is 12.2 Å². The standard InChI is InChI=1S/C14H20N2O3/c1-9-8-15-11-6-5-10(7-12(11)18-9)16-13(17)19-14(2,3)4/h5-7,9,15H,8H2,1-4H3,(H,16,17). The van der Waals surface area contributed by atoms with Crippen molar-refractivity contribution in [1.29, 1.82) is 0 Å². The normalized spacial score (nSPS) is 17.8. The fourth-order valence-electron chi connectivity index (χ4n) is 1.78. The van der Waals surface area contributed by atoms with Crippen molar-refractivity contribution in [2.45, 2.75) is 39.4 Å². The van der Waals surface area contributed by atoms with E-state index in [0.29, 0.717) is 5.69 Å². The third-order valence-corrected chi connectivity index (χ3v) is 2.54. The molecule has 0 bridgehead atoms. The maximum absolute atomic E-state index is 11.7. The molecule has 1 atom stereocenters. The van der Waals surface area contributed by atoms with Crippen LogP contribution in [0.5, 0.6) is 5.75 Å². The van der Waals surface area contributed by atoms with E-state index in [9.17, 15) is 4.79 Å². The summed E-state index contributed by atoms with van der Waals surface area (Å²) in [6, 6.07) is 5.49. The predicted molar refractivity (Wildman–Crippen MR) is 74.9 cm³/mol. The van der Waals surface area contributed by atoms with Crippen LogP contribution < -0.4 is 15.4 Å². The first-order valence-corrected chi connectivity index (χ1v) is 6.38. The Balaban J connectivity index is 2.06. The Hall–Kier alpha value is -1.91. The first-order valence-electron chi connectivity index (χ1n) is 6.38. The van der Waals surface area contributed by atoms with E-state index in [1.165, 1.54) is 0 Å². The van der Waals surface area contributed by atoms with Crippen LogP contribution in [-0.2, 0) is 4.74 Å². The second-order valence-corrected chi connectivity index (χ2v) is 5.65. The molecular formula is C14H20N2O3. The Bertz CT molecular complexity index is 480. The van der Waals surface area contributed by atoms with Gasteiger partial charge in [-0.1, -0.05) is 0 Å². The van der Waals surface area contributed by atoms with Gasteiger partial charge in [0.15, 0.2) is 0 Å². The monoisotopic (exact) mass is 264 g/mol.